The molecule has 0 aromatic carbocycles. The van der Waals surface area contributed by atoms with Crippen LogP contribution in [0.1, 0.15) is 12.8 Å². The van der Waals surface area contributed by atoms with Gasteiger partial charge in [0.25, 0.3) is 0 Å². The molecule has 1 fully saturated rings. The van der Waals surface area contributed by atoms with Gasteiger partial charge in [0.2, 0.25) is 0 Å². The Morgan fingerprint density at radius 1 is 1.50 bits per heavy atom. The number of carbonyl (C=O) groups is 1. The molecule has 0 spiro atoms. The summed E-state index contributed by atoms with van der Waals surface area (Å²) in [7, 11) is 0. The van der Waals surface area contributed by atoms with Crippen LogP contribution in [0.5, 0.6) is 0 Å². The van der Waals surface area contributed by atoms with Crippen molar-refractivity contribution < 1.29 is 9.90 Å². The normalized spacial score (nSPS) is 15.0. The zero-order valence-electron chi connectivity index (χ0n) is 5.31. The SMILES string of the molecule is C=C(Cl)Cl.O=C(O)C1CC1. The zero-order chi connectivity index (χ0) is 8.15. The van der Waals surface area contributed by atoms with E-state index in [9.17, 15) is 4.79 Å². The van der Waals surface area contributed by atoms with Crippen LogP contribution in [0.2, 0.25) is 0 Å². The molecule has 0 amide bonds. The highest BCUT2D eigenvalue weighted by atomic mass is 35.5. The van der Waals surface area contributed by atoms with Crippen molar-refractivity contribution in [3.63, 3.8) is 0 Å². The van der Waals surface area contributed by atoms with Crippen LogP contribution in [-0.2, 0) is 4.79 Å². The summed E-state index contributed by atoms with van der Waals surface area (Å²) < 4.78 is 0.111. The minimum Gasteiger partial charge on any atom is -0.481 e. The monoisotopic (exact) mass is 182 g/mol. The van der Waals surface area contributed by atoms with Crippen LogP contribution in [0.15, 0.2) is 11.1 Å². The lowest BCUT2D eigenvalue weighted by molar-refractivity contribution is -0.138. The van der Waals surface area contributed by atoms with E-state index in [0.29, 0.717) is 0 Å². The Bertz CT molecular complexity index is 137. The molecule has 1 aliphatic rings. The molecular formula is C6H8Cl2O2. The summed E-state index contributed by atoms with van der Waals surface area (Å²) >= 11 is 9.69. The second kappa shape index (κ2) is 4.58. The van der Waals surface area contributed by atoms with Gasteiger partial charge in [0.15, 0.2) is 0 Å². The lowest BCUT2D eigenvalue weighted by atomic mass is 10.5. The molecule has 1 saturated carbocycles. The van der Waals surface area contributed by atoms with Gasteiger partial charge in [-0.25, -0.2) is 0 Å². The average Bonchev–Trinajstić information content (AvgIpc) is 2.38. The van der Waals surface area contributed by atoms with E-state index in [1.54, 1.807) is 0 Å². The number of carboxylic acid groups (broad SMARTS) is 1. The molecule has 58 valence electrons. The highest BCUT2D eigenvalue weighted by Crippen LogP contribution is 2.28. The van der Waals surface area contributed by atoms with Gasteiger partial charge in [0.05, 0.1) is 10.4 Å². The van der Waals surface area contributed by atoms with Crippen molar-refractivity contribution in [3.8, 4) is 0 Å². The van der Waals surface area contributed by atoms with Gasteiger partial charge in [-0.05, 0) is 12.8 Å². The number of hydrogen-bond acceptors (Lipinski definition) is 1. The van der Waals surface area contributed by atoms with Gasteiger partial charge < -0.3 is 5.11 Å². The summed E-state index contributed by atoms with van der Waals surface area (Å²) in [5, 5.41) is 8.05. The molecule has 1 rings (SSSR count). The third-order valence-electron chi connectivity index (χ3n) is 0.927. The van der Waals surface area contributed by atoms with Crippen LogP contribution in [0.25, 0.3) is 0 Å². The topological polar surface area (TPSA) is 37.3 Å². The molecular weight excluding hydrogens is 175 g/mol. The third-order valence-corrected chi connectivity index (χ3v) is 0.927. The first-order chi connectivity index (χ1) is 4.54. The predicted molar refractivity (Wildman–Crippen MR) is 41.2 cm³/mol. The first-order valence-corrected chi connectivity index (χ1v) is 3.52. The first kappa shape index (κ1) is 9.79. The summed E-state index contributed by atoms with van der Waals surface area (Å²) in [6, 6.07) is 0. The van der Waals surface area contributed by atoms with E-state index in [2.05, 4.69) is 6.58 Å². The van der Waals surface area contributed by atoms with E-state index >= 15 is 0 Å². The molecule has 2 nitrogen and oxygen atoms in total. The standard InChI is InChI=1S/C4H6O2.C2H2Cl2/c5-4(6)3-1-2-3;1-2(3)4/h3H,1-2H2,(H,5,6);1H2. The summed E-state index contributed by atoms with van der Waals surface area (Å²) in [6.45, 7) is 3.09. The van der Waals surface area contributed by atoms with Crippen LogP contribution < -0.4 is 0 Å². The first-order valence-electron chi connectivity index (χ1n) is 2.76. The number of aliphatic carboxylic acids is 1. The van der Waals surface area contributed by atoms with E-state index in [4.69, 9.17) is 28.3 Å². The molecule has 0 radical (unpaired) electrons. The Labute approximate surface area is 69.4 Å². The minimum atomic E-state index is -0.630. The molecule has 0 aliphatic heterocycles. The van der Waals surface area contributed by atoms with Gasteiger partial charge >= 0.3 is 5.97 Å². The third kappa shape index (κ3) is 7.79. The molecule has 0 bridgehead atoms. The van der Waals surface area contributed by atoms with Crippen molar-refractivity contribution in [2.24, 2.45) is 5.92 Å². The molecule has 0 atom stereocenters. The molecule has 0 unspecified atom stereocenters. The summed E-state index contributed by atoms with van der Waals surface area (Å²) in [6.07, 6.45) is 1.80. The quantitative estimate of drug-likeness (QED) is 0.677. The fraction of sp³-hybridized carbons (Fsp3) is 0.500. The van der Waals surface area contributed by atoms with Crippen LogP contribution in [0.3, 0.4) is 0 Å². The Morgan fingerprint density at radius 3 is 1.80 bits per heavy atom. The van der Waals surface area contributed by atoms with E-state index < -0.39 is 5.97 Å². The Kier molecular flexibility index (Phi) is 4.49. The second-order valence-corrected chi connectivity index (χ2v) is 3.06. The van der Waals surface area contributed by atoms with E-state index in [1.807, 2.05) is 0 Å². The van der Waals surface area contributed by atoms with Gasteiger partial charge in [-0.3, -0.25) is 4.79 Å². The molecule has 10 heavy (non-hydrogen) atoms. The van der Waals surface area contributed by atoms with Crippen LogP contribution >= 0.6 is 23.2 Å². The molecule has 1 aliphatic carbocycles. The van der Waals surface area contributed by atoms with Crippen molar-refractivity contribution >= 4 is 29.2 Å². The van der Waals surface area contributed by atoms with Gasteiger partial charge in [-0.15, -0.1) is 0 Å². The van der Waals surface area contributed by atoms with Crippen molar-refractivity contribution in [2.45, 2.75) is 12.8 Å². The Morgan fingerprint density at radius 2 is 1.80 bits per heavy atom. The molecule has 1 N–H and O–H groups in total. The van der Waals surface area contributed by atoms with E-state index in [0.717, 1.165) is 12.8 Å². The number of rotatable bonds is 1. The van der Waals surface area contributed by atoms with Gasteiger partial charge in [0.1, 0.15) is 0 Å². The lowest BCUT2D eigenvalue weighted by Crippen LogP contribution is -1.94. The zero-order valence-corrected chi connectivity index (χ0v) is 6.82. The highest BCUT2D eigenvalue weighted by Gasteiger charge is 2.28. The number of hydrogen-bond donors (Lipinski definition) is 1. The van der Waals surface area contributed by atoms with Crippen molar-refractivity contribution in [3.05, 3.63) is 11.1 Å². The van der Waals surface area contributed by atoms with Crippen LogP contribution in [0, 0.1) is 5.92 Å². The van der Waals surface area contributed by atoms with E-state index in [-0.39, 0.29) is 10.4 Å². The smallest absolute Gasteiger partial charge is 0.306 e. The summed E-state index contributed by atoms with van der Waals surface area (Å²) in [4.78, 5) is 9.76. The lowest BCUT2D eigenvalue weighted by Gasteiger charge is -1.75. The van der Waals surface area contributed by atoms with Gasteiger partial charge in [0, 0.05) is 0 Å². The summed E-state index contributed by atoms with van der Waals surface area (Å²) in [5.41, 5.74) is 0. The van der Waals surface area contributed by atoms with Crippen molar-refractivity contribution in [2.75, 3.05) is 0 Å². The maximum atomic E-state index is 9.76. The predicted octanol–water partition coefficient (Wildman–Crippen LogP) is 2.42. The Hall–Kier alpha value is -0.210. The highest BCUT2D eigenvalue weighted by molar-refractivity contribution is 6.55. The largest absolute Gasteiger partial charge is 0.481 e. The maximum absolute atomic E-state index is 9.76. The second-order valence-electron chi connectivity index (χ2n) is 1.95. The fourth-order valence-corrected chi connectivity index (χ4v) is 0.330. The minimum absolute atomic E-state index is 0.0185. The Balaban J connectivity index is 0.000000180. The number of halogens is 2. The van der Waals surface area contributed by atoms with E-state index in [1.165, 1.54) is 0 Å². The molecule has 0 aromatic heterocycles. The molecule has 0 heterocycles. The summed E-state index contributed by atoms with van der Waals surface area (Å²) in [5.74, 6) is -0.611. The molecule has 0 aromatic rings. The molecule has 0 saturated heterocycles. The molecule has 4 heteroatoms. The van der Waals surface area contributed by atoms with Gasteiger partial charge in [-0.1, -0.05) is 29.8 Å². The van der Waals surface area contributed by atoms with Gasteiger partial charge in [-0.2, -0.15) is 0 Å². The van der Waals surface area contributed by atoms with Crippen LogP contribution in [-0.4, -0.2) is 11.1 Å². The number of carboxylic acids is 1. The van der Waals surface area contributed by atoms with Crippen LogP contribution in [0.4, 0.5) is 0 Å². The fourth-order valence-electron chi connectivity index (χ4n) is 0.330. The van der Waals surface area contributed by atoms with Crippen molar-refractivity contribution in [1.82, 2.24) is 0 Å². The maximum Gasteiger partial charge on any atom is 0.306 e. The average molecular weight is 183 g/mol. The van der Waals surface area contributed by atoms with Crippen molar-refractivity contribution in [1.29, 1.82) is 0 Å².